The summed E-state index contributed by atoms with van der Waals surface area (Å²) in [7, 11) is 3.08. The Morgan fingerprint density at radius 2 is 1.83 bits per heavy atom. The van der Waals surface area contributed by atoms with E-state index in [1.807, 2.05) is 6.92 Å². The van der Waals surface area contributed by atoms with Crippen LogP contribution in [0.1, 0.15) is 11.1 Å². The van der Waals surface area contributed by atoms with Crippen molar-refractivity contribution >= 4 is 17.6 Å². The van der Waals surface area contributed by atoms with E-state index < -0.39 is 12.1 Å². The molecule has 6 heteroatoms. The first kappa shape index (κ1) is 17.9. The van der Waals surface area contributed by atoms with E-state index in [0.717, 1.165) is 11.1 Å². The molecule has 0 bridgehead atoms. The first-order valence-corrected chi connectivity index (χ1v) is 7.69. The molecule has 5 nitrogen and oxygen atoms in total. The van der Waals surface area contributed by atoms with Gasteiger partial charge in [-0.2, -0.15) is 0 Å². The van der Waals surface area contributed by atoms with Gasteiger partial charge in [-0.15, -0.1) is 0 Å². The topological polar surface area (TPSA) is 65.0 Å². The van der Waals surface area contributed by atoms with Gasteiger partial charge in [0.2, 0.25) is 0 Å². The second kappa shape index (κ2) is 7.93. The standard InChI is InChI=1S/C18H19ClO5/c1-11-8-14(6-7-15(11)19)24-17(18(20)21)9-12-4-5-13(22-2)10-16(12)23-3/h4-8,10,17H,9H2,1-3H3,(H,20,21). The lowest BCUT2D eigenvalue weighted by molar-refractivity contribution is -0.145. The summed E-state index contributed by atoms with van der Waals surface area (Å²) in [4.78, 5) is 11.6. The molecule has 128 valence electrons. The lowest BCUT2D eigenvalue weighted by Crippen LogP contribution is -2.29. The highest BCUT2D eigenvalue weighted by atomic mass is 35.5. The molecule has 0 heterocycles. The quantitative estimate of drug-likeness (QED) is 0.824. The molecule has 0 aliphatic carbocycles. The first-order chi connectivity index (χ1) is 11.4. The molecule has 0 fully saturated rings. The molecule has 1 unspecified atom stereocenters. The number of ether oxygens (including phenoxy) is 3. The number of aryl methyl sites for hydroxylation is 1. The van der Waals surface area contributed by atoms with Gasteiger partial charge in [0.25, 0.3) is 0 Å². The van der Waals surface area contributed by atoms with E-state index in [9.17, 15) is 9.90 Å². The summed E-state index contributed by atoms with van der Waals surface area (Å²) >= 11 is 5.98. The van der Waals surface area contributed by atoms with Gasteiger partial charge in [-0.1, -0.05) is 17.7 Å². The van der Waals surface area contributed by atoms with Crippen LogP contribution in [0.5, 0.6) is 17.2 Å². The maximum absolute atomic E-state index is 11.6. The van der Waals surface area contributed by atoms with Crippen LogP contribution in [0.15, 0.2) is 36.4 Å². The van der Waals surface area contributed by atoms with Crippen LogP contribution in [-0.4, -0.2) is 31.4 Å². The van der Waals surface area contributed by atoms with Crippen molar-refractivity contribution in [1.82, 2.24) is 0 Å². The van der Waals surface area contributed by atoms with Crippen LogP contribution < -0.4 is 14.2 Å². The predicted molar refractivity (Wildman–Crippen MR) is 91.5 cm³/mol. The van der Waals surface area contributed by atoms with Crippen LogP contribution >= 0.6 is 11.6 Å². The fourth-order valence-corrected chi connectivity index (χ4v) is 2.37. The molecule has 0 saturated heterocycles. The molecule has 0 radical (unpaired) electrons. The highest BCUT2D eigenvalue weighted by Gasteiger charge is 2.22. The van der Waals surface area contributed by atoms with Gasteiger partial charge >= 0.3 is 5.97 Å². The third-order valence-corrected chi connectivity index (χ3v) is 4.01. The smallest absolute Gasteiger partial charge is 0.345 e. The van der Waals surface area contributed by atoms with Gasteiger partial charge in [-0.05, 0) is 42.3 Å². The number of carbonyl (C=O) groups is 1. The van der Waals surface area contributed by atoms with Crippen LogP contribution in [-0.2, 0) is 11.2 Å². The SMILES string of the molecule is COc1ccc(CC(Oc2ccc(Cl)c(C)c2)C(=O)O)c(OC)c1. The Kier molecular flexibility index (Phi) is 5.93. The van der Waals surface area contributed by atoms with Gasteiger partial charge in [0.05, 0.1) is 14.2 Å². The molecular formula is C18H19ClO5. The third kappa shape index (κ3) is 4.32. The number of rotatable bonds is 7. The number of methoxy groups -OCH3 is 2. The van der Waals surface area contributed by atoms with Crippen molar-refractivity contribution in [2.75, 3.05) is 14.2 Å². The normalized spacial score (nSPS) is 11.7. The summed E-state index contributed by atoms with van der Waals surface area (Å²) in [5.41, 5.74) is 1.54. The zero-order chi connectivity index (χ0) is 17.7. The van der Waals surface area contributed by atoms with Crippen LogP contribution in [0, 0.1) is 6.92 Å². The van der Waals surface area contributed by atoms with E-state index in [4.69, 9.17) is 25.8 Å². The maximum Gasteiger partial charge on any atom is 0.345 e. The summed E-state index contributed by atoms with van der Waals surface area (Å²) in [6.45, 7) is 1.83. The number of carboxylic acid groups (broad SMARTS) is 1. The molecule has 2 rings (SSSR count). The molecule has 0 saturated carbocycles. The number of hydrogen-bond acceptors (Lipinski definition) is 4. The van der Waals surface area contributed by atoms with Crippen molar-refractivity contribution in [1.29, 1.82) is 0 Å². The van der Waals surface area contributed by atoms with Gasteiger partial charge < -0.3 is 19.3 Å². The Labute approximate surface area is 145 Å². The van der Waals surface area contributed by atoms with Crippen molar-refractivity contribution in [3.8, 4) is 17.2 Å². The zero-order valence-electron chi connectivity index (χ0n) is 13.7. The second-order valence-electron chi connectivity index (χ2n) is 5.24. The number of benzene rings is 2. The molecule has 0 spiro atoms. The number of aliphatic carboxylic acids is 1. The molecule has 2 aromatic rings. The van der Waals surface area contributed by atoms with E-state index in [2.05, 4.69) is 0 Å². The van der Waals surface area contributed by atoms with Gasteiger partial charge in [0.15, 0.2) is 6.10 Å². The van der Waals surface area contributed by atoms with E-state index in [-0.39, 0.29) is 6.42 Å². The maximum atomic E-state index is 11.6. The zero-order valence-corrected chi connectivity index (χ0v) is 14.5. The number of carboxylic acids is 1. The van der Waals surface area contributed by atoms with Gasteiger partial charge in [0, 0.05) is 17.5 Å². The Balaban J connectivity index is 2.22. The average molecular weight is 351 g/mol. The molecular weight excluding hydrogens is 332 g/mol. The largest absolute Gasteiger partial charge is 0.497 e. The fraction of sp³-hybridized carbons (Fsp3) is 0.278. The first-order valence-electron chi connectivity index (χ1n) is 7.31. The molecule has 2 aromatic carbocycles. The Morgan fingerprint density at radius 3 is 2.42 bits per heavy atom. The molecule has 1 atom stereocenters. The van der Waals surface area contributed by atoms with Crippen LogP contribution in [0.4, 0.5) is 0 Å². The summed E-state index contributed by atoms with van der Waals surface area (Å²) in [5, 5.41) is 10.1. The minimum Gasteiger partial charge on any atom is -0.497 e. The molecule has 0 aliphatic rings. The lowest BCUT2D eigenvalue weighted by Gasteiger charge is -2.17. The summed E-state index contributed by atoms with van der Waals surface area (Å²) in [6, 6.07) is 10.3. The second-order valence-corrected chi connectivity index (χ2v) is 5.64. The monoisotopic (exact) mass is 350 g/mol. The summed E-state index contributed by atoms with van der Waals surface area (Å²) < 4.78 is 16.1. The fourth-order valence-electron chi connectivity index (χ4n) is 2.25. The Hall–Kier alpha value is -2.40. The van der Waals surface area contributed by atoms with Gasteiger partial charge in [-0.3, -0.25) is 0 Å². The highest BCUT2D eigenvalue weighted by molar-refractivity contribution is 6.31. The molecule has 0 amide bonds. The lowest BCUT2D eigenvalue weighted by atomic mass is 10.1. The van der Waals surface area contributed by atoms with Crippen molar-refractivity contribution in [2.45, 2.75) is 19.4 Å². The Bertz CT molecular complexity index is 729. The van der Waals surface area contributed by atoms with E-state index >= 15 is 0 Å². The minimum absolute atomic E-state index is 0.157. The van der Waals surface area contributed by atoms with E-state index in [1.165, 1.54) is 7.11 Å². The Morgan fingerprint density at radius 1 is 1.12 bits per heavy atom. The summed E-state index contributed by atoms with van der Waals surface area (Å²) in [6.07, 6.45) is -0.891. The molecule has 0 aromatic heterocycles. The van der Waals surface area contributed by atoms with Crippen molar-refractivity contribution in [3.63, 3.8) is 0 Å². The molecule has 0 aliphatic heterocycles. The van der Waals surface area contributed by atoms with Gasteiger partial charge in [0.1, 0.15) is 17.2 Å². The van der Waals surface area contributed by atoms with Crippen molar-refractivity contribution in [2.24, 2.45) is 0 Å². The van der Waals surface area contributed by atoms with Gasteiger partial charge in [-0.25, -0.2) is 4.79 Å². The molecule has 24 heavy (non-hydrogen) atoms. The van der Waals surface area contributed by atoms with Crippen LogP contribution in [0.2, 0.25) is 5.02 Å². The van der Waals surface area contributed by atoms with Crippen LogP contribution in [0.3, 0.4) is 0 Å². The molecule has 1 N–H and O–H groups in total. The van der Waals surface area contributed by atoms with Crippen LogP contribution in [0.25, 0.3) is 0 Å². The van der Waals surface area contributed by atoms with Crippen molar-refractivity contribution in [3.05, 3.63) is 52.5 Å². The van der Waals surface area contributed by atoms with Crippen molar-refractivity contribution < 1.29 is 24.1 Å². The number of hydrogen-bond donors (Lipinski definition) is 1. The summed E-state index contributed by atoms with van der Waals surface area (Å²) in [5.74, 6) is 0.588. The van der Waals surface area contributed by atoms with E-state index in [0.29, 0.717) is 22.3 Å². The van der Waals surface area contributed by atoms with E-state index in [1.54, 1.807) is 43.5 Å². The number of halogens is 1. The highest BCUT2D eigenvalue weighted by Crippen LogP contribution is 2.27. The average Bonchev–Trinajstić information content (AvgIpc) is 2.57. The third-order valence-electron chi connectivity index (χ3n) is 3.58. The minimum atomic E-state index is -1.06. The predicted octanol–water partition coefficient (Wildman–Crippen LogP) is 3.74.